The maximum absolute atomic E-state index is 12.3. The van der Waals surface area contributed by atoms with E-state index in [1.54, 1.807) is 26.0 Å². The third-order valence-corrected chi connectivity index (χ3v) is 5.52. The normalized spacial score (nSPS) is 12.4. The number of sulfonamides is 1. The molecule has 2 aromatic carbocycles. The Bertz CT molecular complexity index is 953. The molecule has 29 heavy (non-hydrogen) atoms. The fraction of sp³-hybridized carbons (Fsp3) is 0.300. The molecule has 0 saturated carbocycles. The van der Waals surface area contributed by atoms with Gasteiger partial charge < -0.3 is 15.2 Å². The molecule has 0 aromatic heterocycles. The van der Waals surface area contributed by atoms with E-state index in [1.807, 2.05) is 0 Å². The molecular formula is C20H24N2O6S. The zero-order chi connectivity index (χ0) is 21.6. The van der Waals surface area contributed by atoms with E-state index < -0.39 is 28.0 Å². The summed E-state index contributed by atoms with van der Waals surface area (Å²) in [5.41, 5.74) is 1.28. The molecule has 2 rings (SSSR count). The Morgan fingerprint density at radius 1 is 1.00 bits per heavy atom. The van der Waals surface area contributed by atoms with Crippen molar-refractivity contribution in [2.75, 3.05) is 5.32 Å². The number of aliphatic hydroxyl groups is 1. The van der Waals surface area contributed by atoms with E-state index in [2.05, 4.69) is 10.0 Å². The van der Waals surface area contributed by atoms with Crippen molar-refractivity contribution < 1.29 is 27.9 Å². The molecule has 0 fully saturated rings. The third kappa shape index (κ3) is 6.38. The smallest absolute Gasteiger partial charge is 0.338 e. The van der Waals surface area contributed by atoms with Crippen LogP contribution in [0, 0.1) is 0 Å². The highest BCUT2D eigenvalue weighted by atomic mass is 32.2. The molecule has 0 unspecified atom stereocenters. The number of aliphatic hydroxyl groups excluding tert-OH is 1. The first-order valence-corrected chi connectivity index (χ1v) is 10.4. The lowest BCUT2D eigenvalue weighted by Crippen LogP contribution is -2.30. The molecule has 0 spiro atoms. The average Bonchev–Trinajstić information content (AvgIpc) is 2.67. The van der Waals surface area contributed by atoms with E-state index >= 15 is 0 Å². The van der Waals surface area contributed by atoms with Gasteiger partial charge in [0.05, 0.1) is 17.1 Å². The molecule has 156 valence electrons. The monoisotopic (exact) mass is 420 g/mol. The predicted molar refractivity (Wildman–Crippen MR) is 108 cm³/mol. The topological polar surface area (TPSA) is 122 Å². The molecule has 2 aromatic rings. The number of ether oxygens (including phenoxy) is 1. The van der Waals surface area contributed by atoms with Gasteiger partial charge in [-0.25, -0.2) is 17.9 Å². The van der Waals surface area contributed by atoms with Gasteiger partial charge in [0, 0.05) is 11.7 Å². The maximum atomic E-state index is 12.3. The second-order valence-corrected chi connectivity index (χ2v) is 8.41. The van der Waals surface area contributed by atoms with Gasteiger partial charge in [0.1, 0.15) is 0 Å². The van der Waals surface area contributed by atoms with Crippen LogP contribution in [0.5, 0.6) is 0 Å². The van der Waals surface area contributed by atoms with Crippen LogP contribution >= 0.6 is 0 Å². The average molecular weight is 420 g/mol. The number of rotatable bonds is 8. The van der Waals surface area contributed by atoms with E-state index in [-0.39, 0.29) is 23.1 Å². The lowest BCUT2D eigenvalue weighted by molar-refractivity contribution is -0.123. The van der Waals surface area contributed by atoms with E-state index in [9.17, 15) is 18.0 Å². The van der Waals surface area contributed by atoms with E-state index in [4.69, 9.17) is 9.84 Å². The number of carbonyl (C=O) groups is 2. The second-order valence-electron chi connectivity index (χ2n) is 6.69. The van der Waals surface area contributed by atoms with Gasteiger partial charge in [0.25, 0.3) is 5.91 Å². The molecule has 1 amide bonds. The molecule has 0 radical (unpaired) electrons. The van der Waals surface area contributed by atoms with Crippen LogP contribution in [0.15, 0.2) is 53.4 Å². The molecule has 0 heterocycles. The van der Waals surface area contributed by atoms with Crippen molar-refractivity contribution in [3.8, 4) is 0 Å². The highest BCUT2D eigenvalue weighted by Crippen LogP contribution is 2.15. The van der Waals surface area contributed by atoms with Crippen molar-refractivity contribution in [1.82, 2.24) is 4.72 Å². The number of hydrogen-bond donors (Lipinski definition) is 3. The minimum atomic E-state index is -3.62. The molecule has 9 heteroatoms. The van der Waals surface area contributed by atoms with Crippen molar-refractivity contribution in [3.05, 3.63) is 59.7 Å². The number of anilines is 1. The summed E-state index contributed by atoms with van der Waals surface area (Å²) < 4.78 is 31.8. The summed E-state index contributed by atoms with van der Waals surface area (Å²) in [4.78, 5) is 24.5. The van der Waals surface area contributed by atoms with Crippen LogP contribution in [0.25, 0.3) is 0 Å². The Balaban J connectivity index is 1.97. The van der Waals surface area contributed by atoms with Crippen molar-refractivity contribution in [2.24, 2.45) is 0 Å². The first kappa shape index (κ1) is 22.5. The lowest BCUT2D eigenvalue weighted by atomic mass is 10.1. The highest BCUT2D eigenvalue weighted by molar-refractivity contribution is 7.89. The molecular weight excluding hydrogens is 396 g/mol. The fourth-order valence-corrected chi connectivity index (χ4v) is 3.62. The molecule has 0 aliphatic heterocycles. The molecule has 3 N–H and O–H groups in total. The molecule has 0 aliphatic carbocycles. The largest absolute Gasteiger partial charge is 0.449 e. The minimum absolute atomic E-state index is 0.0787. The lowest BCUT2D eigenvalue weighted by Gasteiger charge is -2.14. The Morgan fingerprint density at radius 2 is 1.59 bits per heavy atom. The molecule has 0 saturated heterocycles. The summed E-state index contributed by atoms with van der Waals surface area (Å²) in [5.74, 6) is -1.22. The van der Waals surface area contributed by atoms with Crippen molar-refractivity contribution in [3.63, 3.8) is 0 Å². The Hall–Kier alpha value is -2.75. The van der Waals surface area contributed by atoms with Gasteiger partial charge in [-0.05, 0) is 62.7 Å². The van der Waals surface area contributed by atoms with Gasteiger partial charge in [-0.15, -0.1) is 0 Å². The number of benzene rings is 2. The summed E-state index contributed by atoms with van der Waals surface area (Å²) in [5, 5.41) is 11.6. The van der Waals surface area contributed by atoms with E-state index in [0.717, 1.165) is 0 Å². The molecule has 8 nitrogen and oxygen atoms in total. The van der Waals surface area contributed by atoms with Crippen LogP contribution in [0.2, 0.25) is 0 Å². The van der Waals surface area contributed by atoms with Crippen LogP contribution in [0.1, 0.15) is 36.7 Å². The fourth-order valence-electron chi connectivity index (χ4n) is 2.37. The number of carbonyl (C=O) groups excluding carboxylic acids is 2. The number of hydrogen-bond acceptors (Lipinski definition) is 6. The van der Waals surface area contributed by atoms with Gasteiger partial charge in [-0.3, -0.25) is 4.79 Å². The van der Waals surface area contributed by atoms with Crippen LogP contribution in [-0.4, -0.2) is 37.5 Å². The van der Waals surface area contributed by atoms with Gasteiger partial charge in [0.2, 0.25) is 10.0 Å². The molecule has 0 aliphatic rings. The van der Waals surface area contributed by atoms with E-state index in [0.29, 0.717) is 11.3 Å². The molecule has 0 bridgehead atoms. The number of amides is 1. The highest BCUT2D eigenvalue weighted by Gasteiger charge is 2.20. The second kappa shape index (κ2) is 9.64. The Labute approximate surface area is 169 Å². The Kier molecular flexibility index (Phi) is 7.49. The Morgan fingerprint density at radius 3 is 2.10 bits per heavy atom. The first-order chi connectivity index (χ1) is 13.6. The molecule has 1 atom stereocenters. The quantitative estimate of drug-likeness (QED) is 0.562. The van der Waals surface area contributed by atoms with E-state index in [1.165, 1.54) is 43.3 Å². The zero-order valence-electron chi connectivity index (χ0n) is 16.4. The number of nitrogens with one attached hydrogen (secondary N) is 2. The van der Waals surface area contributed by atoms with Crippen LogP contribution in [0.4, 0.5) is 5.69 Å². The van der Waals surface area contributed by atoms with Crippen LogP contribution in [-0.2, 0) is 26.2 Å². The minimum Gasteiger partial charge on any atom is -0.449 e. The zero-order valence-corrected chi connectivity index (χ0v) is 17.2. The predicted octanol–water partition coefficient (Wildman–Crippen LogP) is 2.05. The summed E-state index contributed by atoms with van der Waals surface area (Å²) in [6, 6.07) is 11.6. The van der Waals surface area contributed by atoms with Crippen molar-refractivity contribution in [2.45, 2.75) is 44.4 Å². The SMILES string of the molecule is CC(C)NS(=O)(=O)c1ccc(NC(=O)[C@@H](C)OC(=O)c2ccc(CO)cc2)cc1. The van der Waals surface area contributed by atoms with Crippen molar-refractivity contribution in [1.29, 1.82) is 0 Å². The van der Waals surface area contributed by atoms with Gasteiger partial charge in [0.15, 0.2) is 6.10 Å². The maximum Gasteiger partial charge on any atom is 0.338 e. The third-order valence-electron chi connectivity index (χ3n) is 3.85. The summed E-state index contributed by atoms with van der Waals surface area (Å²) in [7, 11) is -3.62. The summed E-state index contributed by atoms with van der Waals surface area (Å²) in [6.45, 7) is 4.73. The number of esters is 1. The summed E-state index contributed by atoms with van der Waals surface area (Å²) >= 11 is 0. The van der Waals surface area contributed by atoms with Gasteiger partial charge in [-0.1, -0.05) is 12.1 Å². The summed E-state index contributed by atoms with van der Waals surface area (Å²) in [6.07, 6.45) is -1.06. The standard InChI is InChI=1S/C20H24N2O6S/c1-13(2)22-29(26,27)18-10-8-17(9-11-18)21-19(24)14(3)28-20(25)16-6-4-15(12-23)5-7-16/h4-11,13-14,22-23H,12H2,1-3H3,(H,21,24)/t14-/m1/s1. The van der Waals surface area contributed by atoms with Crippen LogP contribution < -0.4 is 10.0 Å². The van der Waals surface area contributed by atoms with Gasteiger partial charge >= 0.3 is 5.97 Å². The first-order valence-electron chi connectivity index (χ1n) is 8.96. The van der Waals surface area contributed by atoms with Crippen LogP contribution in [0.3, 0.4) is 0 Å². The van der Waals surface area contributed by atoms with Crippen molar-refractivity contribution >= 4 is 27.6 Å². The van der Waals surface area contributed by atoms with Gasteiger partial charge in [-0.2, -0.15) is 0 Å².